The van der Waals surface area contributed by atoms with Crippen LogP contribution in [0.3, 0.4) is 0 Å². The molecule has 2 amide bonds. The fourth-order valence-electron chi connectivity index (χ4n) is 2.42. The van der Waals surface area contributed by atoms with Crippen molar-refractivity contribution in [1.29, 1.82) is 5.26 Å². The number of hydrogen-bond acceptors (Lipinski definition) is 3. The molecule has 5 nitrogen and oxygen atoms in total. The summed E-state index contributed by atoms with van der Waals surface area (Å²) in [6, 6.07) is 14.3. The van der Waals surface area contributed by atoms with Crippen LogP contribution < -0.4 is 10.6 Å². The molecule has 1 saturated carbocycles. The third-order valence-electron chi connectivity index (χ3n) is 4.04. The van der Waals surface area contributed by atoms with Gasteiger partial charge in [0.2, 0.25) is 11.8 Å². The SMILES string of the molecule is N#Cc1ccccc1NC(=O)C1(C(=O)Nc2ccccc2F)CC1. The van der Waals surface area contributed by atoms with Crippen molar-refractivity contribution in [1.82, 2.24) is 0 Å². The van der Waals surface area contributed by atoms with Gasteiger partial charge in [-0.2, -0.15) is 5.26 Å². The second-order valence-corrected chi connectivity index (χ2v) is 5.63. The Morgan fingerprint density at radius 3 is 2.08 bits per heavy atom. The lowest BCUT2D eigenvalue weighted by Gasteiger charge is -2.16. The first-order valence-corrected chi connectivity index (χ1v) is 7.43. The summed E-state index contributed by atoms with van der Waals surface area (Å²) in [5, 5.41) is 14.2. The maximum atomic E-state index is 13.7. The zero-order valence-electron chi connectivity index (χ0n) is 12.7. The molecule has 0 atom stereocenters. The molecule has 2 N–H and O–H groups in total. The third-order valence-corrected chi connectivity index (χ3v) is 4.04. The molecule has 3 rings (SSSR count). The Morgan fingerprint density at radius 2 is 1.50 bits per heavy atom. The maximum absolute atomic E-state index is 13.7. The van der Waals surface area contributed by atoms with Gasteiger partial charge in [-0.05, 0) is 37.1 Å². The first-order valence-electron chi connectivity index (χ1n) is 7.43. The van der Waals surface area contributed by atoms with E-state index < -0.39 is 23.0 Å². The van der Waals surface area contributed by atoms with Crippen LogP contribution in [0.2, 0.25) is 0 Å². The molecule has 0 heterocycles. The minimum Gasteiger partial charge on any atom is -0.324 e. The highest BCUT2D eigenvalue weighted by Crippen LogP contribution is 2.47. The lowest BCUT2D eigenvalue weighted by Crippen LogP contribution is -2.36. The number of hydrogen-bond donors (Lipinski definition) is 2. The molecule has 0 aromatic heterocycles. The molecular formula is C18H14FN3O2. The molecule has 0 unspecified atom stereocenters. The van der Waals surface area contributed by atoms with Crippen LogP contribution in [0.25, 0.3) is 0 Å². The molecule has 24 heavy (non-hydrogen) atoms. The highest BCUT2D eigenvalue weighted by Gasteiger charge is 2.56. The number of carbonyl (C=O) groups is 2. The highest BCUT2D eigenvalue weighted by atomic mass is 19.1. The van der Waals surface area contributed by atoms with E-state index in [-0.39, 0.29) is 5.69 Å². The molecule has 0 saturated heterocycles. The summed E-state index contributed by atoms with van der Waals surface area (Å²) in [5.41, 5.74) is -0.504. The number of anilines is 2. The number of amides is 2. The summed E-state index contributed by atoms with van der Waals surface area (Å²) in [4.78, 5) is 24.9. The summed E-state index contributed by atoms with van der Waals surface area (Å²) in [5.74, 6) is -1.59. The fraction of sp³-hybridized carbons (Fsp3) is 0.167. The molecule has 0 bridgehead atoms. The minimum absolute atomic E-state index is 0.0407. The van der Waals surface area contributed by atoms with Gasteiger partial charge in [0.1, 0.15) is 17.3 Å². The van der Waals surface area contributed by atoms with Gasteiger partial charge in [-0.15, -0.1) is 0 Å². The van der Waals surface area contributed by atoms with Crippen LogP contribution in [-0.2, 0) is 9.59 Å². The molecule has 1 aliphatic carbocycles. The second-order valence-electron chi connectivity index (χ2n) is 5.63. The van der Waals surface area contributed by atoms with Gasteiger partial charge in [-0.1, -0.05) is 24.3 Å². The lowest BCUT2D eigenvalue weighted by molar-refractivity contribution is -0.131. The predicted octanol–water partition coefficient (Wildman–Crippen LogP) is 3.05. The first kappa shape index (κ1) is 15.7. The topological polar surface area (TPSA) is 82.0 Å². The van der Waals surface area contributed by atoms with E-state index >= 15 is 0 Å². The summed E-state index contributed by atoms with van der Waals surface area (Å²) >= 11 is 0. The van der Waals surface area contributed by atoms with Crippen molar-refractivity contribution >= 4 is 23.2 Å². The van der Waals surface area contributed by atoms with Crippen molar-refractivity contribution in [2.24, 2.45) is 5.41 Å². The van der Waals surface area contributed by atoms with E-state index in [1.54, 1.807) is 30.3 Å². The van der Waals surface area contributed by atoms with E-state index in [1.165, 1.54) is 18.2 Å². The predicted molar refractivity (Wildman–Crippen MR) is 86.5 cm³/mol. The van der Waals surface area contributed by atoms with Gasteiger partial charge in [-0.3, -0.25) is 9.59 Å². The van der Waals surface area contributed by atoms with Gasteiger partial charge in [0, 0.05) is 0 Å². The number of halogens is 1. The van der Waals surface area contributed by atoms with Crippen molar-refractivity contribution in [3.63, 3.8) is 0 Å². The quantitative estimate of drug-likeness (QED) is 0.848. The van der Waals surface area contributed by atoms with Crippen molar-refractivity contribution in [3.05, 3.63) is 59.9 Å². The average Bonchev–Trinajstić information content (AvgIpc) is 3.39. The minimum atomic E-state index is -1.22. The normalized spacial score (nSPS) is 14.3. The van der Waals surface area contributed by atoms with Gasteiger partial charge in [0.05, 0.1) is 16.9 Å². The molecule has 2 aromatic carbocycles. The summed E-state index contributed by atoms with van der Waals surface area (Å²) in [7, 11) is 0. The van der Waals surface area contributed by atoms with Crippen LogP contribution in [-0.4, -0.2) is 11.8 Å². The summed E-state index contributed by atoms with van der Waals surface area (Å²) < 4.78 is 13.7. The van der Waals surface area contributed by atoms with E-state index in [4.69, 9.17) is 5.26 Å². The summed E-state index contributed by atoms with van der Waals surface area (Å²) in [6.07, 6.45) is 0.766. The molecular weight excluding hydrogens is 309 g/mol. The molecule has 1 fully saturated rings. The Labute approximate surface area is 138 Å². The molecule has 2 aromatic rings. The van der Waals surface area contributed by atoms with E-state index in [1.807, 2.05) is 6.07 Å². The monoisotopic (exact) mass is 323 g/mol. The first-order chi connectivity index (χ1) is 11.6. The highest BCUT2D eigenvalue weighted by molar-refractivity contribution is 6.17. The van der Waals surface area contributed by atoms with Crippen molar-refractivity contribution in [2.45, 2.75) is 12.8 Å². The molecule has 6 heteroatoms. The Bertz CT molecular complexity index is 853. The number of carbonyl (C=O) groups excluding carboxylic acids is 2. The number of nitrogens with one attached hydrogen (secondary N) is 2. The van der Waals surface area contributed by atoms with E-state index in [0.29, 0.717) is 24.1 Å². The molecule has 0 radical (unpaired) electrons. The van der Waals surface area contributed by atoms with Crippen molar-refractivity contribution in [3.8, 4) is 6.07 Å². The van der Waals surface area contributed by atoms with Gasteiger partial charge in [0.15, 0.2) is 0 Å². The lowest BCUT2D eigenvalue weighted by atomic mass is 10.0. The standard InChI is InChI=1S/C18H14FN3O2/c19-13-6-2-4-8-15(13)22-17(24)18(9-10-18)16(23)21-14-7-3-1-5-12(14)11-20/h1-8H,9-10H2,(H,21,23)(H,22,24). The van der Waals surface area contributed by atoms with Gasteiger partial charge in [0.25, 0.3) is 0 Å². The largest absolute Gasteiger partial charge is 0.324 e. The number of nitriles is 1. The third kappa shape index (κ3) is 2.84. The van der Waals surface area contributed by atoms with Gasteiger partial charge >= 0.3 is 0 Å². The van der Waals surface area contributed by atoms with Crippen molar-refractivity contribution < 1.29 is 14.0 Å². The maximum Gasteiger partial charge on any atom is 0.240 e. The van der Waals surface area contributed by atoms with Crippen LogP contribution in [0.1, 0.15) is 18.4 Å². The molecule has 120 valence electrons. The number of benzene rings is 2. The Kier molecular flexibility index (Phi) is 4.00. The van der Waals surface area contributed by atoms with E-state index in [2.05, 4.69) is 10.6 Å². The van der Waals surface area contributed by atoms with E-state index in [0.717, 1.165) is 0 Å². The van der Waals surface area contributed by atoms with Gasteiger partial charge in [-0.25, -0.2) is 4.39 Å². The van der Waals surface area contributed by atoms with Crippen LogP contribution in [0.15, 0.2) is 48.5 Å². The smallest absolute Gasteiger partial charge is 0.240 e. The van der Waals surface area contributed by atoms with Crippen LogP contribution in [0.4, 0.5) is 15.8 Å². The number of nitrogens with zero attached hydrogens (tertiary/aromatic N) is 1. The Morgan fingerprint density at radius 1 is 0.958 bits per heavy atom. The zero-order chi connectivity index (χ0) is 17.2. The van der Waals surface area contributed by atoms with Crippen LogP contribution in [0.5, 0.6) is 0 Å². The zero-order valence-corrected chi connectivity index (χ0v) is 12.7. The van der Waals surface area contributed by atoms with Crippen LogP contribution in [0, 0.1) is 22.6 Å². The average molecular weight is 323 g/mol. The molecule has 0 aliphatic heterocycles. The van der Waals surface area contributed by atoms with Gasteiger partial charge < -0.3 is 10.6 Å². The number of para-hydroxylation sites is 2. The second kappa shape index (κ2) is 6.13. The molecule has 0 spiro atoms. The van der Waals surface area contributed by atoms with E-state index in [9.17, 15) is 14.0 Å². The Hall–Kier alpha value is -3.20. The van der Waals surface area contributed by atoms with Crippen molar-refractivity contribution in [2.75, 3.05) is 10.6 Å². The Balaban J connectivity index is 1.76. The van der Waals surface area contributed by atoms with Crippen LogP contribution >= 0.6 is 0 Å². The summed E-state index contributed by atoms with van der Waals surface area (Å²) in [6.45, 7) is 0. The number of rotatable bonds is 4. The fourth-order valence-corrected chi connectivity index (χ4v) is 2.42. The molecule has 1 aliphatic rings.